The smallest absolute Gasteiger partial charge is 0.240 e. The van der Waals surface area contributed by atoms with Crippen LogP contribution in [0, 0.1) is 0 Å². The van der Waals surface area contributed by atoms with E-state index >= 15 is 0 Å². The van der Waals surface area contributed by atoms with Crippen molar-refractivity contribution in [2.45, 2.75) is 50.6 Å². The van der Waals surface area contributed by atoms with Gasteiger partial charge in [-0.15, -0.1) is 0 Å². The first kappa shape index (κ1) is 13.1. The van der Waals surface area contributed by atoms with Gasteiger partial charge in [0.25, 0.3) is 0 Å². The molecule has 1 aliphatic rings. The van der Waals surface area contributed by atoms with Gasteiger partial charge in [0.2, 0.25) is 5.91 Å². The minimum atomic E-state index is -0.621. The number of carbonyl (C=O) groups is 1. The van der Waals surface area contributed by atoms with Gasteiger partial charge in [0.1, 0.15) is 0 Å². The number of rotatable bonds is 5. The fraction of sp³-hybridized carbons (Fsp3) is 0.692. The molecule has 1 amide bonds. The summed E-state index contributed by atoms with van der Waals surface area (Å²) in [6.45, 7) is 1.49. The molecule has 1 aromatic rings. The molecule has 0 radical (unpaired) electrons. The van der Waals surface area contributed by atoms with Gasteiger partial charge >= 0.3 is 0 Å². The van der Waals surface area contributed by atoms with Crippen LogP contribution in [-0.2, 0) is 11.3 Å². The number of hydrogen-bond acceptors (Lipinski definition) is 3. The van der Waals surface area contributed by atoms with Gasteiger partial charge in [-0.2, -0.15) is 5.10 Å². The number of amides is 1. The number of aromatic nitrogens is 2. The second kappa shape index (κ2) is 6.00. The number of nitrogens with two attached hydrogens (primary N) is 1. The lowest BCUT2D eigenvalue weighted by molar-refractivity contribution is -0.127. The van der Waals surface area contributed by atoms with E-state index in [1.54, 1.807) is 6.20 Å². The Hall–Kier alpha value is -1.36. The Morgan fingerprint density at radius 3 is 2.83 bits per heavy atom. The van der Waals surface area contributed by atoms with Crippen molar-refractivity contribution in [3.8, 4) is 0 Å². The van der Waals surface area contributed by atoms with E-state index in [1.807, 2.05) is 16.9 Å². The molecule has 1 fully saturated rings. The van der Waals surface area contributed by atoms with Crippen molar-refractivity contribution in [1.29, 1.82) is 0 Å². The van der Waals surface area contributed by atoms with Crippen LogP contribution in [0.4, 0.5) is 0 Å². The maximum absolute atomic E-state index is 12.0. The van der Waals surface area contributed by atoms with Gasteiger partial charge in [0, 0.05) is 25.5 Å². The molecule has 5 nitrogen and oxygen atoms in total. The largest absolute Gasteiger partial charge is 0.354 e. The predicted octanol–water partition coefficient (Wildman–Crippen LogP) is 1.05. The van der Waals surface area contributed by atoms with Gasteiger partial charge in [-0.25, -0.2) is 0 Å². The van der Waals surface area contributed by atoms with Crippen molar-refractivity contribution in [3.05, 3.63) is 18.5 Å². The predicted molar refractivity (Wildman–Crippen MR) is 69.9 cm³/mol. The zero-order chi connectivity index (χ0) is 12.8. The van der Waals surface area contributed by atoms with Crippen LogP contribution < -0.4 is 11.1 Å². The van der Waals surface area contributed by atoms with E-state index in [0.717, 1.165) is 38.6 Å². The van der Waals surface area contributed by atoms with Gasteiger partial charge in [0.15, 0.2) is 0 Å². The summed E-state index contributed by atoms with van der Waals surface area (Å²) < 4.78 is 1.87. The number of hydrogen-bond donors (Lipinski definition) is 2. The molecule has 0 spiro atoms. The van der Waals surface area contributed by atoms with E-state index < -0.39 is 5.54 Å². The van der Waals surface area contributed by atoms with E-state index in [2.05, 4.69) is 10.4 Å². The number of aryl methyl sites for hydroxylation is 1. The highest BCUT2D eigenvalue weighted by Gasteiger charge is 2.34. The van der Waals surface area contributed by atoms with Gasteiger partial charge in [-0.3, -0.25) is 9.48 Å². The fourth-order valence-electron chi connectivity index (χ4n) is 2.46. The third-order valence-electron chi connectivity index (χ3n) is 3.61. The molecule has 3 N–H and O–H groups in total. The first-order valence-electron chi connectivity index (χ1n) is 6.75. The maximum Gasteiger partial charge on any atom is 0.240 e. The second-order valence-electron chi connectivity index (χ2n) is 5.10. The molecule has 18 heavy (non-hydrogen) atoms. The van der Waals surface area contributed by atoms with E-state index in [9.17, 15) is 4.79 Å². The third-order valence-corrected chi connectivity index (χ3v) is 3.61. The number of nitrogens with one attached hydrogen (secondary N) is 1. The molecule has 2 rings (SSSR count). The molecule has 5 heteroatoms. The summed E-state index contributed by atoms with van der Waals surface area (Å²) in [4.78, 5) is 12.0. The molecule has 0 saturated heterocycles. The fourth-order valence-corrected chi connectivity index (χ4v) is 2.46. The summed E-state index contributed by atoms with van der Waals surface area (Å²) in [5.41, 5.74) is 5.53. The molecular formula is C13H22N4O. The molecule has 1 aromatic heterocycles. The van der Waals surface area contributed by atoms with Crippen molar-refractivity contribution >= 4 is 5.91 Å². The molecule has 0 aromatic carbocycles. The molecule has 0 atom stereocenters. The first-order valence-corrected chi connectivity index (χ1v) is 6.75. The maximum atomic E-state index is 12.0. The zero-order valence-electron chi connectivity index (χ0n) is 10.8. The summed E-state index contributed by atoms with van der Waals surface area (Å²) in [5.74, 6) is 0.0164. The van der Waals surface area contributed by atoms with Crippen LogP contribution in [0.25, 0.3) is 0 Å². The zero-order valence-corrected chi connectivity index (χ0v) is 10.8. The highest BCUT2D eigenvalue weighted by molar-refractivity contribution is 5.86. The van der Waals surface area contributed by atoms with Crippen LogP contribution in [0.2, 0.25) is 0 Å². The normalized spacial score (nSPS) is 18.5. The van der Waals surface area contributed by atoms with Crippen LogP contribution in [-0.4, -0.2) is 27.8 Å². The Kier molecular flexibility index (Phi) is 4.36. The molecular weight excluding hydrogens is 228 g/mol. The van der Waals surface area contributed by atoms with Crippen LogP contribution >= 0.6 is 0 Å². The Bertz CT molecular complexity index is 368. The molecule has 0 aliphatic heterocycles. The Balaban J connectivity index is 1.68. The highest BCUT2D eigenvalue weighted by atomic mass is 16.2. The van der Waals surface area contributed by atoms with Crippen LogP contribution in [0.15, 0.2) is 18.5 Å². The Morgan fingerprint density at radius 2 is 2.17 bits per heavy atom. The summed E-state index contributed by atoms with van der Waals surface area (Å²) in [5, 5.41) is 7.07. The van der Waals surface area contributed by atoms with E-state index in [4.69, 9.17) is 5.73 Å². The van der Waals surface area contributed by atoms with Crippen molar-refractivity contribution < 1.29 is 4.79 Å². The molecule has 0 unspecified atom stereocenters. The average Bonchev–Trinajstić information content (AvgIpc) is 2.88. The summed E-state index contributed by atoms with van der Waals surface area (Å²) >= 11 is 0. The minimum Gasteiger partial charge on any atom is -0.354 e. The van der Waals surface area contributed by atoms with E-state index in [0.29, 0.717) is 6.54 Å². The minimum absolute atomic E-state index is 0.0164. The second-order valence-corrected chi connectivity index (χ2v) is 5.10. The van der Waals surface area contributed by atoms with Crippen molar-refractivity contribution in [2.75, 3.05) is 6.54 Å². The SMILES string of the molecule is NC1(C(=O)NCCCn2cccn2)CCCCC1. The third kappa shape index (κ3) is 3.32. The van der Waals surface area contributed by atoms with Crippen molar-refractivity contribution in [1.82, 2.24) is 15.1 Å². The quantitative estimate of drug-likeness (QED) is 0.767. The first-order chi connectivity index (χ1) is 8.71. The lowest BCUT2D eigenvalue weighted by atomic mass is 9.82. The Morgan fingerprint density at radius 1 is 1.39 bits per heavy atom. The molecule has 0 bridgehead atoms. The van der Waals surface area contributed by atoms with Crippen LogP contribution in [0.1, 0.15) is 38.5 Å². The molecule has 1 heterocycles. The monoisotopic (exact) mass is 250 g/mol. The number of carbonyl (C=O) groups excluding carboxylic acids is 1. The van der Waals surface area contributed by atoms with Gasteiger partial charge < -0.3 is 11.1 Å². The molecule has 100 valence electrons. The van der Waals surface area contributed by atoms with Crippen molar-refractivity contribution in [2.24, 2.45) is 5.73 Å². The lowest BCUT2D eigenvalue weighted by Crippen LogP contribution is -2.55. The topological polar surface area (TPSA) is 72.9 Å². The van der Waals surface area contributed by atoms with E-state index in [1.165, 1.54) is 6.42 Å². The standard InChI is InChI=1S/C13H22N4O/c14-13(6-2-1-3-7-13)12(18)15-8-4-10-17-11-5-9-16-17/h5,9,11H,1-4,6-8,10,14H2,(H,15,18). The Labute approximate surface area is 108 Å². The molecule has 1 aliphatic carbocycles. The van der Waals surface area contributed by atoms with Crippen LogP contribution in [0.5, 0.6) is 0 Å². The summed E-state index contributed by atoms with van der Waals surface area (Å²) in [6, 6.07) is 1.90. The van der Waals surface area contributed by atoms with Gasteiger partial charge in [-0.1, -0.05) is 19.3 Å². The average molecular weight is 250 g/mol. The van der Waals surface area contributed by atoms with E-state index in [-0.39, 0.29) is 5.91 Å². The highest BCUT2D eigenvalue weighted by Crippen LogP contribution is 2.25. The lowest BCUT2D eigenvalue weighted by Gasteiger charge is -2.31. The molecule has 1 saturated carbocycles. The number of nitrogens with zero attached hydrogens (tertiary/aromatic N) is 2. The summed E-state index contributed by atoms with van der Waals surface area (Å²) in [7, 11) is 0. The summed E-state index contributed by atoms with van der Waals surface area (Å²) in [6.07, 6.45) is 9.53. The van der Waals surface area contributed by atoms with Gasteiger partial charge in [-0.05, 0) is 25.3 Å². The van der Waals surface area contributed by atoms with Crippen LogP contribution in [0.3, 0.4) is 0 Å². The van der Waals surface area contributed by atoms with Crippen molar-refractivity contribution in [3.63, 3.8) is 0 Å². The van der Waals surface area contributed by atoms with Gasteiger partial charge in [0.05, 0.1) is 5.54 Å².